The maximum atomic E-state index is 12.4. The number of hydrogen-bond donors (Lipinski definition) is 2. The van der Waals surface area contributed by atoms with Crippen molar-refractivity contribution >= 4 is 23.1 Å². The number of amides is 1. The highest BCUT2D eigenvalue weighted by molar-refractivity contribution is 6.03. The van der Waals surface area contributed by atoms with Gasteiger partial charge >= 0.3 is 0 Å². The number of methoxy groups -OCH3 is 2. The van der Waals surface area contributed by atoms with Gasteiger partial charge in [-0.1, -0.05) is 18.2 Å². The minimum absolute atomic E-state index is 0.197. The first-order valence-electron chi connectivity index (χ1n) is 8.29. The van der Waals surface area contributed by atoms with Crippen LogP contribution in [0.4, 0.5) is 17.2 Å². The quantitative estimate of drug-likeness (QED) is 0.692. The van der Waals surface area contributed by atoms with Crippen LogP contribution in [0.25, 0.3) is 0 Å². The molecule has 1 amide bonds. The Hall–Kier alpha value is -3.61. The highest BCUT2D eigenvalue weighted by Crippen LogP contribution is 2.28. The van der Waals surface area contributed by atoms with E-state index >= 15 is 0 Å². The number of benzene rings is 2. The molecule has 1 heterocycles. The van der Waals surface area contributed by atoms with Crippen LogP contribution < -0.4 is 20.1 Å². The summed E-state index contributed by atoms with van der Waals surface area (Å²) in [6.07, 6.45) is 2.91. The summed E-state index contributed by atoms with van der Waals surface area (Å²) in [5.41, 5.74) is 2.62. The topological polar surface area (TPSA) is 85.4 Å². The Morgan fingerprint density at radius 3 is 2.37 bits per heavy atom. The SMILES string of the molecule is COc1ccccc1NC(=O)c1cnc(Nc2cc(C)ccc2OC)cn1. The zero-order valence-corrected chi connectivity index (χ0v) is 15.3. The van der Waals surface area contributed by atoms with E-state index in [2.05, 4.69) is 20.6 Å². The summed E-state index contributed by atoms with van der Waals surface area (Å²) < 4.78 is 10.6. The van der Waals surface area contributed by atoms with Crippen molar-refractivity contribution in [1.82, 2.24) is 9.97 Å². The van der Waals surface area contributed by atoms with Crippen molar-refractivity contribution < 1.29 is 14.3 Å². The maximum absolute atomic E-state index is 12.4. The van der Waals surface area contributed by atoms with Gasteiger partial charge < -0.3 is 20.1 Å². The van der Waals surface area contributed by atoms with Crippen LogP contribution in [0.3, 0.4) is 0 Å². The van der Waals surface area contributed by atoms with E-state index in [1.807, 2.05) is 37.3 Å². The van der Waals surface area contributed by atoms with E-state index in [0.29, 0.717) is 23.0 Å². The minimum Gasteiger partial charge on any atom is -0.495 e. The second-order valence-corrected chi connectivity index (χ2v) is 5.77. The fourth-order valence-corrected chi connectivity index (χ4v) is 2.50. The molecule has 3 aromatic rings. The Kier molecular flexibility index (Phi) is 5.51. The number of aromatic nitrogens is 2. The van der Waals surface area contributed by atoms with Crippen molar-refractivity contribution in [2.24, 2.45) is 0 Å². The summed E-state index contributed by atoms with van der Waals surface area (Å²) in [6.45, 7) is 1.99. The smallest absolute Gasteiger partial charge is 0.275 e. The lowest BCUT2D eigenvalue weighted by molar-refractivity contribution is 0.102. The summed E-state index contributed by atoms with van der Waals surface area (Å²) in [5.74, 6) is 1.41. The van der Waals surface area contributed by atoms with Crippen molar-refractivity contribution in [2.75, 3.05) is 24.9 Å². The normalized spacial score (nSPS) is 10.2. The lowest BCUT2D eigenvalue weighted by Crippen LogP contribution is -2.14. The second kappa shape index (κ2) is 8.18. The van der Waals surface area contributed by atoms with Gasteiger partial charge in [-0.15, -0.1) is 0 Å². The molecule has 0 unspecified atom stereocenters. The molecular formula is C20H20N4O3. The van der Waals surface area contributed by atoms with E-state index < -0.39 is 0 Å². The van der Waals surface area contributed by atoms with Gasteiger partial charge in [0.25, 0.3) is 5.91 Å². The van der Waals surface area contributed by atoms with Crippen molar-refractivity contribution in [3.8, 4) is 11.5 Å². The van der Waals surface area contributed by atoms with Gasteiger partial charge in [-0.25, -0.2) is 9.97 Å². The molecule has 0 aliphatic carbocycles. The average Bonchev–Trinajstić information content (AvgIpc) is 2.69. The molecule has 7 nitrogen and oxygen atoms in total. The first kappa shape index (κ1) is 18.2. The van der Waals surface area contributed by atoms with Crippen molar-refractivity contribution in [3.05, 3.63) is 66.1 Å². The first-order valence-corrected chi connectivity index (χ1v) is 8.29. The molecule has 0 spiro atoms. The summed E-state index contributed by atoms with van der Waals surface area (Å²) in [7, 11) is 3.15. The molecule has 2 aromatic carbocycles. The number of hydrogen-bond acceptors (Lipinski definition) is 6. The Bertz CT molecular complexity index is 942. The van der Waals surface area contributed by atoms with Crippen LogP contribution in [0.2, 0.25) is 0 Å². The fraction of sp³-hybridized carbons (Fsp3) is 0.150. The summed E-state index contributed by atoms with van der Waals surface area (Å²) in [5, 5.41) is 5.91. The number of nitrogens with one attached hydrogen (secondary N) is 2. The molecule has 7 heteroatoms. The molecule has 0 atom stereocenters. The highest BCUT2D eigenvalue weighted by Gasteiger charge is 2.12. The molecule has 2 N–H and O–H groups in total. The molecule has 0 radical (unpaired) electrons. The van der Waals surface area contributed by atoms with E-state index in [1.165, 1.54) is 12.4 Å². The van der Waals surface area contributed by atoms with Crippen LogP contribution >= 0.6 is 0 Å². The third kappa shape index (κ3) is 4.33. The zero-order valence-electron chi connectivity index (χ0n) is 15.3. The molecule has 0 saturated heterocycles. The number of carbonyl (C=O) groups is 1. The van der Waals surface area contributed by atoms with Gasteiger partial charge in [0.15, 0.2) is 0 Å². The number of aryl methyl sites for hydroxylation is 1. The molecule has 0 fully saturated rings. The molecule has 3 rings (SSSR count). The summed E-state index contributed by atoms with van der Waals surface area (Å²) >= 11 is 0. The number of ether oxygens (including phenoxy) is 2. The van der Waals surface area contributed by atoms with Crippen LogP contribution in [0.1, 0.15) is 16.1 Å². The van der Waals surface area contributed by atoms with Crippen LogP contribution in [-0.4, -0.2) is 30.1 Å². The number of para-hydroxylation sites is 2. The van der Waals surface area contributed by atoms with Crippen LogP contribution in [0.15, 0.2) is 54.9 Å². The molecule has 0 saturated carbocycles. The van der Waals surface area contributed by atoms with Gasteiger partial charge in [-0.2, -0.15) is 0 Å². The van der Waals surface area contributed by atoms with Crippen molar-refractivity contribution in [1.29, 1.82) is 0 Å². The van der Waals surface area contributed by atoms with Gasteiger partial charge in [0.05, 0.1) is 38.0 Å². The molecule has 138 valence electrons. The third-order valence-corrected chi connectivity index (χ3v) is 3.86. The van der Waals surface area contributed by atoms with E-state index in [4.69, 9.17) is 9.47 Å². The molecule has 0 aliphatic rings. The van der Waals surface area contributed by atoms with Gasteiger partial charge in [0.2, 0.25) is 0 Å². The van der Waals surface area contributed by atoms with E-state index in [0.717, 1.165) is 11.3 Å². The molecule has 0 aliphatic heterocycles. The van der Waals surface area contributed by atoms with Crippen molar-refractivity contribution in [2.45, 2.75) is 6.92 Å². The monoisotopic (exact) mass is 364 g/mol. The predicted molar refractivity (Wildman–Crippen MR) is 104 cm³/mol. The fourth-order valence-electron chi connectivity index (χ4n) is 2.50. The van der Waals surface area contributed by atoms with Crippen LogP contribution in [0, 0.1) is 6.92 Å². The number of rotatable bonds is 6. The minimum atomic E-state index is -0.369. The standard InChI is InChI=1S/C20H20N4O3/c1-13-8-9-18(27-3)15(10-13)23-19-12-21-16(11-22-19)20(25)24-14-6-4-5-7-17(14)26-2/h4-12H,1-3H3,(H,22,23)(H,24,25). The zero-order chi connectivity index (χ0) is 19.2. The Labute approximate surface area is 157 Å². The molecule has 0 bridgehead atoms. The molecule has 27 heavy (non-hydrogen) atoms. The van der Waals surface area contributed by atoms with E-state index in [-0.39, 0.29) is 11.6 Å². The summed E-state index contributed by atoms with van der Waals surface area (Å²) in [4.78, 5) is 20.8. The Balaban J connectivity index is 1.73. The predicted octanol–water partition coefficient (Wildman–Crippen LogP) is 3.80. The first-order chi connectivity index (χ1) is 13.1. The lowest BCUT2D eigenvalue weighted by Gasteiger charge is -2.12. The number of anilines is 3. The molecular weight excluding hydrogens is 344 g/mol. The molecule has 1 aromatic heterocycles. The van der Waals surface area contributed by atoms with Gasteiger partial charge in [0, 0.05) is 0 Å². The average molecular weight is 364 g/mol. The lowest BCUT2D eigenvalue weighted by atomic mass is 10.2. The van der Waals surface area contributed by atoms with E-state index in [1.54, 1.807) is 26.4 Å². The Morgan fingerprint density at radius 2 is 1.67 bits per heavy atom. The van der Waals surface area contributed by atoms with E-state index in [9.17, 15) is 4.79 Å². The Morgan fingerprint density at radius 1 is 0.926 bits per heavy atom. The largest absolute Gasteiger partial charge is 0.495 e. The highest BCUT2D eigenvalue weighted by atomic mass is 16.5. The van der Waals surface area contributed by atoms with Gasteiger partial charge in [-0.3, -0.25) is 4.79 Å². The van der Waals surface area contributed by atoms with Crippen LogP contribution in [-0.2, 0) is 0 Å². The summed E-state index contributed by atoms with van der Waals surface area (Å²) in [6, 6.07) is 12.9. The van der Waals surface area contributed by atoms with Gasteiger partial charge in [-0.05, 0) is 36.8 Å². The number of carbonyl (C=O) groups excluding carboxylic acids is 1. The second-order valence-electron chi connectivity index (χ2n) is 5.77. The maximum Gasteiger partial charge on any atom is 0.275 e. The van der Waals surface area contributed by atoms with Gasteiger partial charge in [0.1, 0.15) is 23.0 Å². The van der Waals surface area contributed by atoms with Crippen LogP contribution in [0.5, 0.6) is 11.5 Å². The van der Waals surface area contributed by atoms with Crippen molar-refractivity contribution in [3.63, 3.8) is 0 Å². The number of nitrogens with zero attached hydrogens (tertiary/aromatic N) is 2. The third-order valence-electron chi connectivity index (χ3n) is 3.86.